The van der Waals surface area contributed by atoms with Gasteiger partial charge in [0, 0.05) is 40.5 Å². The van der Waals surface area contributed by atoms with Gasteiger partial charge in [-0.2, -0.15) is 5.26 Å². The van der Waals surface area contributed by atoms with Crippen molar-refractivity contribution < 1.29 is 4.39 Å². The number of rotatable bonds is 3. The summed E-state index contributed by atoms with van der Waals surface area (Å²) in [7, 11) is 0. The minimum atomic E-state index is -0.377. The molecule has 3 nitrogen and oxygen atoms in total. The minimum absolute atomic E-state index is 0.136. The minimum Gasteiger partial charge on any atom is -0.261 e. The summed E-state index contributed by atoms with van der Waals surface area (Å²) < 4.78 is 13.5. The number of nitriles is 1. The van der Waals surface area contributed by atoms with Crippen LogP contribution < -0.4 is 0 Å². The molecule has 2 rings (SSSR count). The average Bonchev–Trinajstić information content (AvgIpc) is 2.45. The Hall–Kier alpha value is -2.28. The second-order valence-corrected chi connectivity index (χ2v) is 7.51. The van der Waals surface area contributed by atoms with Crippen LogP contribution in [-0.4, -0.2) is 9.97 Å². The first kappa shape index (κ1) is 17.1. The van der Waals surface area contributed by atoms with Crippen LogP contribution >= 0.6 is 0 Å². The summed E-state index contributed by atoms with van der Waals surface area (Å²) in [5.74, 6) is -0.294. The van der Waals surface area contributed by atoms with Gasteiger partial charge in [-0.15, -0.1) is 0 Å². The van der Waals surface area contributed by atoms with Crippen LogP contribution in [0.4, 0.5) is 4.39 Å². The molecule has 0 aliphatic rings. The lowest BCUT2D eigenvalue weighted by Gasteiger charge is -2.25. The van der Waals surface area contributed by atoms with Gasteiger partial charge in [0.2, 0.25) is 0 Å². The van der Waals surface area contributed by atoms with Crippen molar-refractivity contribution in [3.8, 4) is 6.07 Å². The molecule has 0 radical (unpaired) electrons. The molecular formula is C19H22FN3. The predicted molar refractivity (Wildman–Crippen MR) is 88.6 cm³/mol. The Morgan fingerprint density at radius 2 is 1.78 bits per heavy atom. The Balaban J connectivity index is 2.41. The SMILES string of the molecule is CC(C)(C)c1cc(C#N)cc(CC(C)(C)c2cc(F)ccn2)n1. The molecule has 4 heteroatoms. The third-order valence-corrected chi connectivity index (χ3v) is 3.81. The maximum atomic E-state index is 13.5. The highest BCUT2D eigenvalue weighted by Crippen LogP contribution is 2.28. The van der Waals surface area contributed by atoms with Gasteiger partial charge in [0.1, 0.15) is 5.82 Å². The molecule has 2 aromatic rings. The molecule has 0 saturated carbocycles. The van der Waals surface area contributed by atoms with Crippen LogP contribution in [0, 0.1) is 17.1 Å². The van der Waals surface area contributed by atoms with Gasteiger partial charge in [0.15, 0.2) is 0 Å². The number of halogens is 1. The molecule has 2 aromatic heterocycles. The Morgan fingerprint density at radius 3 is 2.35 bits per heavy atom. The second-order valence-electron chi connectivity index (χ2n) is 7.51. The highest BCUT2D eigenvalue weighted by molar-refractivity contribution is 5.35. The van der Waals surface area contributed by atoms with Crippen molar-refractivity contribution in [2.45, 2.75) is 51.9 Å². The van der Waals surface area contributed by atoms with E-state index in [1.165, 1.54) is 18.3 Å². The van der Waals surface area contributed by atoms with Crippen molar-refractivity contribution in [1.29, 1.82) is 5.26 Å². The van der Waals surface area contributed by atoms with Crippen molar-refractivity contribution in [3.63, 3.8) is 0 Å². The van der Waals surface area contributed by atoms with Crippen molar-refractivity contribution in [3.05, 3.63) is 58.9 Å². The third kappa shape index (κ3) is 4.13. The van der Waals surface area contributed by atoms with Crippen LogP contribution in [-0.2, 0) is 17.3 Å². The standard InChI is InChI=1S/C19H22FN3/c1-18(2,3)16-9-13(12-21)8-15(23-16)11-19(4,5)17-10-14(20)6-7-22-17/h6-10H,11H2,1-5H3. The van der Waals surface area contributed by atoms with Crippen LogP contribution in [0.25, 0.3) is 0 Å². The highest BCUT2D eigenvalue weighted by atomic mass is 19.1. The monoisotopic (exact) mass is 311 g/mol. The first-order chi connectivity index (χ1) is 10.6. The summed E-state index contributed by atoms with van der Waals surface area (Å²) in [5.41, 5.74) is 2.47. The van der Waals surface area contributed by atoms with E-state index >= 15 is 0 Å². The summed E-state index contributed by atoms with van der Waals surface area (Å²) in [6.07, 6.45) is 2.06. The quantitative estimate of drug-likeness (QED) is 0.849. The fourth-order valence-corrected chi connectivity index (χ4v) is 2.45. The lowest BCUT2D eigenvalue weighted by Crippen LogP contribution is -2.24. The van der Waals surface area contributed by atoms with E-state index in [-0.39, 0.29) is 16.6 Å². The molecule has 0 aromatic carbocycles. The van der Waals surface area contributed by atoms with E-state index < -0.39 is 0 Å². The van der Waals surface area contributed by atoms with Gasteiger partial charge in [0.05, 0.1) is 11.6 Å². The van der Waals surface area contributed by atoms with Crippen LogP contribution in [0.3, 0.4) is 0 Å². The molecule has 0 bridgehead atoms. The zero-order chi connectivity index (χ0) is 17.3. The summed E-state index contributed by atoms with van der Waals surface area (Å²) in [4.78, 5) is 9.00. The Morgan fingerprint density at radius 1 is 1.09 bits per heavy atom. The fraction of sp³-hybridized carbons (Fsp3) is 0.421. The number of pyridine rings is 2. The second kappa shape index (κ2) is 6.08. The summed E-state index contributed by atoms with van der Waals surface area (Å²) in [6, 6.07) is 8.63. The number of aromatic nitrogens is 2. The van der Waals surface area contributed by atoms with E-state index in [1.807, 2.05) is 19.9 Å². The zero-order valence-corrected chi connectivity index (χ0v) is 14.3. The summed E-state index contributed by atoms with van der Waals surface area (Å²) >= 11 is 0. The topological polar surface area (TPSA) is 49.6 Å². The lowest BCUT2D eigenvalue weighted by molar-refractivity contribution is 0.486. The molecule has 120 valence electrons. The number of hydrogen-bond donors (Lipinski definition) is 0. The molecule has 0 aliphatic heterocycles. The molecule has 0 amide bonds. The van der Waals surface area contributed by atoms with Gasteiger partial charge < -0.3 is 0 Å². The largest absolute Gasteiger partial charge is 0.261 e. The molecular weight excluding hydrogens is 289 g/mol. The van der Waals surface area contributed by atoms with Crippen LogP contribution in [0.2, 0.25) is 0 Å². The highest BCUT2D eigenvalue weighted by Gasteiger charge is 2.25. The molecule has 0 atom stereocenters. The van der Waals surface area contributed by atoms with Gasteiger partial charge in [-0.3, -0.25) is 9.97 Å². The maximum Gasteiger partial charge on any atom is 0.126 e. The summed E-state index contributed by atoms with van der Waals surface area (Å²) in [5, 5.41) is 9.26. The van der Waals surface area contributed by atoms with E-state index in [2.05, 4.69) is 31.8 Å². The maximum absolute atomic E-state index is 13.5. The third-order valence-electron chi connectivity index (χ3n) is 3.81. The van der Waals surface area contributed by atoms with E-state index in [1.54, 1.807) is 6.07 Å². The molecule has 0 unspecified atom stereocenters. The molecule has 0 saturated heterocycles. The molecule has 0 N–H and O–H groups in total. The van der Waals surface area contributed by atoms with Gasteiger partial charge in [0.25, 0.3) is 0 Å². The Bertz CT molecular complexity index is 752. The van der Waals surface area contributed by atoms with Gasteiger partial charge in [-0.1, -0.05) is 34.6 Å². The molecule has 2 heterocycles. The smallest absolute Gasteiger partial charge is 0.126 e. The zero-order valence-electron chi connectivity index (χ0n) is 14.3. The fourth-order valence-electron chi connectivity index (χ4n) is 2.45. The lowest BCUT2D eigenvalue weighted by atomic mass is 9.83. The molecule has 23 heavy (non-hydrogen) atoms. The van der Waals surface area contributed by atoms with Crippen molar-refractivity contribution in [1.82, 2.24) is 9.97 Å². The van der Waals surface area contributed by atoms with Crippen molar-refractivity contribution in [2.24, 2.45) is 0 Å². The van der Waals surface area contributed by atoms with Crippen molar-refractivity contribution >= 4 is 0 Å². The first-order valence-electron chi connectivity index (χ1n) is 7.65. The number of hydrogen-bond acceptors (Lipinski definition) is 3. The van der Waals surface area contributed by atoms with E-state index in [0.717, 1.165) is 11.4 Å². The molecule has 0 spiro atoms. The van der Waals surface area contributed by atoms with Crippen LogP contribution in [0.5, 0.6) is 0 Å². The van der Waals surface area contributed by atoms with E-state index in [9.17, 15) is 9.65 Å². The van der Waals surface area contributed by atoms with Crippen molar-refractivity contribution in [2.75, 3.05) is 0 Å². The van der Waals surface area contributed by atoms with Gasteiger partial charge >= 0.3 is 0 Å². The van der Waals surface area contributed by atoms with Crippen LogP contribution in [0.15, 0.2) is 30.5 Å². The molecule has 0 aliphatic carbocycles. The van der Waals surface area contributed by atoms with E-state index in [0.29, 0.717) is 17.7 Å². The number of nitrogens with zero attached hydrogens (tertiary/aromatic N) is 3. The Labute approximate surface area is 137 Å². The average molecular weight is 311 g/mol. The van der Waals surface area contributed by atoms with Gasteiger partial charge in [-0.05, 0) is 24.3 Å². The molecule has 0 fully saturated rings. The normalized spacial score (nSPS) is 12.0. The predicted octanol–water partition coefficient (Wildman–Crippen LogP) is 4.31. The summed E-state index contributed by atoms with van der Waals surface area (Å²) in [6.45, 7) is 10.2. The van der Waals surface area contributed by atoms with E-state index in [4.69, 9.17) is 4.98 Å². The van der Waals surface area contributed by atoms with Crippen LogP contribution in [0.1, 0.15) is 57.3 Å². The first-order valence-corrected chi connectivity index (χ1v) is 7.65. The van der Waals surface area contributed by atoms with Gasteiger partial charge in [-0.25, -0.2) is 4.39 Å². The Kier molecular flexibility index (Phi) is 4.51.